The minimum absolute atomic E-state index is 0.0867. The number of carbonyl (C=O) groups excluding carboxylic acids is 1. The van der Waals surface area contributed by atoms with Gasteiger partial charge in [-0.1, -0.05) is 12.1 Å². The number of carbonyl (C=O) groups is 1. The molecule has 0 aliphatic carbocycles. The van der Waals surface area contributed by atoms with E-state index in [0.717, 1.165) is 25.9 Å². The number of likely N-dealkylation sites (tertiary alicyclic amines) is 1. The second kappa shape index (κ2) is 7.34. The summed E-state index contributed by atoms with van der Waals surface area (Å²) in [5.41, 5.74) is 1.77. The molecule has 0 N–H and O–H groups in total. The Kier molecular flexibility index (Phi) is 4.75. The van der Waals surface area contributed by atoms with Gasteiger partial charge in [0.05, 0.1) is 23.4 Å². The molecule has 1 aliphatic rings. The van der Waals surface area contributed by atoms with Crippen molar-refractivity contribution in [1.29, 1.82) is 0 Å². The molecule has 0 radical (unpaired) electrons. The predicted molar refractivity (Wildman–Crippen MR) is 102 cm³/mol. The van der Waals surface area contributed by atoms with E-state index >= 15 is 0 Å². The summed E-state index contributed by atoms with van der Waals surface area (Å²) in [5.74, 6) is 0.421. The summed E-state index contributed by atoms with van der Waals surface area (Å²) in [4.78, 5) is 31.5. The molecule has 1 unspecified atom stereocenters. The zero-order valence-corrected chi connectivity index (χ0v) is 15.4. The van der Waals surface area contributed by atoms with Crippen LogP contribution in [0.1, 0.15) is 30.7 Å². The van der Waals surface area contributed by atoms with E-state index in [2.05, 4.69) is 10.1 Å². The van der Waals surface area contributed by atoms with Crippen molar-refractivity contribution < 1.29 is 4.79 Å². The maximum atomic E-state index is 12.7. The standard InChI is InChI=1S/C20H23N5O2/c1-23-12-16(11-22-23)15-5-4-9-24(13-15)19(26)8-10-25-14-21-18-7-3-2-6-17(18)20(25)27/h2-3,6-7,11-12,14-15H,4-5,8-10,13H2,1H3. The largest absolute Gasteiger partial charge is 0.342 e. The molecule has 1 amide bonds. The van der Waals surface area contributed by atoms with Crippen LogP contribution in [0, 0.1) is 0 Å². The molecule has 7 heteroatoms. The first-order chi connectivity index (χ1) is 13.1. The van der Waals surface area contributed by atoms with E-state index < -0.39 is 0 Å². The molecule has 0 bridgehead atoms. The first-order valence-electron chi connectivity index (χ1n) is 9.32. The number of aromatic nitrogens is 4. The third-order valence-corrected chi connectivity index (χ3v) is 5.27. The van der Waals surface area contributed by atoms with Crippen LogP contribution in [0.2, 0.25) is 0 Å². The zero-order chi connectivity index (χ0) is 18.8. The van der Waals surface area contributed by atoms with Crippen molar-refractivity contribution in [2.75, 3.05) is 13.1 Å². The van der Waals surface area contributed by atoms with Crippen molar-refractivity contribution >= 4 is 16.8 Å². The topological polar surface area (TPSA) is 73.0 Å². The number of amides is 1. The van der Waals surface area contributed by atoms with Gasteiger partial charge < -0.3 is 4.90 Å². The van der Waals surface area contributed by atoms with Gasteiger partial charge in [-0.25, -0.2) is 4.98 Å². The molecular formula is C20H23N5O2. The summed E-state index contributed by atoms with van der Waals surface area (Å²) in [7, 11) is 1.91. The molecule has 2 aromatic heterocycles. The lowest BCUT2D eigenvalue weighted by molar-refractivity contribution is -0.132. The number of hydrogen-bond acceptors (Lipinski definition) is 4. The van der Waals surface area contributed by atoms with Gasteiger partial charge in [0.15, 0.2) is 0 Å². The van der Waals surface area contributed by atoms with Crippen LogP contribution in [-0.4, -0.2) is 43.2 Å². The lowest BCUT2D eigenvalue weighted by atomic mass is 9.92. The highest BCUT2D eigenvalue weighted by molar-refractivity contribution is 5.77. The highest BCUT2D eigenvalue weighted by Gasteiger charge is 2.25. The molecule has 4 rings (SSSR count). The molecule has 3 aromatic rings. The van der Waals surface area contributed by atoms with E-state index in [1.165, 1.54) is 16.5 Å². The van der Waals surface area contributed by atoms with Crippen molar-refractivity contribution in [3.8, 4) is 0 Å². The predicted octanol–water partition coefficient (Wildman–Crippen LogP) is 1.93. The molecule has 1 fully saturated rings. The summed E-state index contributed by atoms with van der Waals surface area (Å²) >= 11 is 0. The lowest BCUT2D eigenvalue weighted by Crippen LogP contribution is -2.39. The Hall–Kier alpha value is -2.96. The summed E-state index contributed by atoms with van der Waals surface area (Å²) < 4.78 is 3.33. The fourth-order valence-corrected chi connectivity index (χ4v) is 3.77. The van der Waals surface area contributed by atoms with Gasteiger partial charge >= 0.3 is 0 Å². The molecule has 1 aliphatic heterocycles. The van der Waals surface area contributed by atoms with Gasteiger partial charge in [-0.15, -0.1) is 0 Å². The quantitative estimate of drug-likeness (QED) is 0.708. The fourth-order valence-electron chi connectivity index (χ4n) is 3.77. The minimum Gasteiger partial charge on any atom is -0.342 e. The van der Waals surface area contributed by atoms with Crippen molar-refractivity contribution in [3.63, 3.8) is 0 Å². The van der Waals surface area contributed by atoms with E-state index in [9.17, 15) is 9.59 Å². The Balaban J connectivity index is 1.42. The van der Waals surface area contributed by atoms with E-state index in [0.29, 0.717) is 29.8 Å². The SMILES string of the molecule is Cn1cc(C2CCCN(C(=O)CCn3cnc4ccccc4c3=O)C2)cn1. The van der Waals surface area contributed by atoms with E-state index in [-0.39, 0.29) is 11.5 Å². The van der Waals surface area contributed by atoms with E-state index in [1.807, 2.05) is 42.5 Å². The van der Waals surface area contributed by atoms with Gasteiger partial charge in [-0.2, -0.15) is 5.10 Å². The molecule has 0 saturated carbocycles. The molecule has 27 heavy (non-hydrogen) atoms. The Morgan fingerprint density at radius 3 is 2.96 bits per heavy atom. The molecular weight excluding hydrogens is 342 g/mol. The Morgan fingerprint density at radius 2 is 2.15 bits per heavy atom. The number of rotatable bonds is 4. The third-order valence-electron chi connectivity index (χ3n) is 5.27. The summed E-state index contributed by atoms with van der Waals surface area (Å²) in [6.07, 6.45) is 7.82. The van der Waals surface area contributed by atoms with E-state index in [1.54, 1.807) is 10.7 Å². The summed E-state index contributed by atoms with van der Waals surface area (Å²) in [6, 6.07) is 7.27. The van der Waals surface area contributed by atoms with Gasteiger partial charge in [-0.05, 0) is 30.5 Å². The molecule has 7 nitrogen and oxygen atoms in total. The van der Waals surface area contributed by atoms with Gasteiger partial charge in [0.2, 0.25) is 5.91 Å². The number of para-hydroxylation sites is 1. The maximum Gasteiger partial charge on any atom is 0.261 e. The molecule has 1 saturated heterocycles. The van der Waals surface area contributed by atoms with Crippen LogP contribution in [-0.2, 0) is 18.4 Å². The van der Waals surface area contributed by atoms with Crippen LogP contribution in [0.25, 0.3) is 10.9 Å². The zero-order valence-electron chi connectivity index (χ0n) is 15.4. The number of piperidine rings is 1. The van der Waals surface area contributed by atoms with Crippen LogP contribution in [0.3, 0.4) is 0 Å². The highest BCUT2D eigenvalue weighted by Crippen LogP contribution is 2.26. The van der Waals surface area contributed by atoms with Crippen LogP contribution >= 0.6 is 0 Å². The van der Waals surface area contributed by atoms with Gasteiger partial charge in [0, 0.05) is 45.2 Å². The molecule has 140 valence electrons. The van der Waals surface area contributed by atoms with Crippen LogP contribution in [0.4, 0.5) is 0 Å². The van der Waals surface area contributed by atoms with E-state index in [4.69, 9.17) is 0 Å². The van der Waals surface area contributed by atoms with Crippen molar-refractivity contribution in [2.45, 2.75) is 31.7 Å². The first kappa shape index (κ1) is 17.5. The summed E-state index contributed by atoms with van der Waals surface area (Å²) in [6.45, 7) is 1.85. The lowest BCUT2D eigenvalue weighted by Gasteiger charge is -2.32. The molecule has 3 heterocycles. The number of fused-ring (bicyclic) bond motifs is 1. The molecule has 0 spiro atoms. The average Bonchev–Trinajstić information content (AvgIpc) is 3.14. The number of aryl methyl sites for hydroxylation is 2. The van der Waals surface area contributed by atoms with Crippen molar-refractivity contribution in [3.05, 3.63) is 58.9 Å². The third kappa shape index (κ3) is 3.63. The summed E-state index contributed by atoms with van der Waals surface area (Å²) in [5, 5.41) is 4.83. The highest BCUT2D eigenvalue weighted by atomic mass is 16.2. The second-order valence-corrected chi connectivity index (χ2v) is 7.14. The van der Waals surface area contributed by atoms with Crippen molar-refractivity contribution in [1.82, 2.24) is 24.2 Å². The number of nitrogens with zero attached hydrogens (tertiary/aromatic N) is 5. The van der Waals surface area contributed by atoms with Crippen LogP contribution in [0.5, 0.6) is 0 Å². The Labute approximate surface area is 157 Å². The van der Waals surface area contributed by atoms with Gasteiger partial charge in [-0.3, -0.25) is 18.8 Å². The Bertz CT molecular complexity index is 1020. The van der Waals surface area contributed by atoms with Gasteiger partial charge in [0.25, 0.3) is 5.56 Å². The van der Waals surface area contributed by atoms with Gasteiger partial charge in [0.1, 0.15) is 0 Å². The Morgan fingerprint density at radius 1 is 1.30 bits per heavy atom. The molecule has 1 aromatic carbocycles. The monoisotopic (exact) mass is 365 g/mol. The second-order valence-electron chi connectivity index (χ2n) is 7.14. The molecule has 1 atom stereocenters. The van der Waals surface area contributed by atoms with Crippen LogP contribution in [0.15, 0.2) is 47.8 Å². The maximum absolute atomic E-state index is 12.7. The number of hydrogen-bond donors (Lipinski definition) is 0. The first-order valence-corrected chi connectivity index (χ1v) is 9.32. The minimum atomic E-state index is -0.0970. The average molecular weight is 365 g/mol. The van der Waals surface area contributed by atoms with Crippen LogP contribution < -0.4 is 5.56 Å². The fraction of sp³-hybridized carbons (Fsp3) is 0.400. The smallest absolute Gasteiger partial charge is 0.261 e. The number of benzene rings is 1. The van der Waals surface area contributed by atoms with Crippen molar-refractivity contribution in [2.24, 2.45) is 7.05 Å². The normalized spacial score (nSPS) is 17.4.